The van der Waals surface area contributed by atoms with E-state index in [2.05, 4.69) is 34.6 Å². The fraction of sp³-hybridized carbons (Fsp3) is 0.954. The van der Waals surface area contributed by atoms with Crippen LogP contribution in [0.1, 0.15) is 471 Å². The Morgan fingerprint density at radius 2 is 0.434 bits per heavy atom. The summed E-state index contributed by atoms with van der Waals surface area (Å²) in [5, 5.41) is 10.7. The molecular weight excluding hydrogens is 1380 g/mol. The van der Waals surface area contributed by atoms with Crippen molar-refractivity contribution < 1.29 is 80.2 Å². The van der Waals surface area contributed by atoms with Crippen molar-refractivity contribution in [3.8, 4) is 0 Å². The molecule has 0 aliphatic heterocycles. The van der Waals surface area contributed by atoms with Gasteiger partial charge in [-0.3, -0.25) is 37.3 Å². The molecule has 0 aromatic rings. The molecular formula is C87H170O17P2. The summed E-state index contributed by atoms with van der Waals surface area (Å²) in [4.78, 5) is 73.2. The summed E-state index contributed by atoms with van der Waals surface area (Å²) in [5.41, 5.74) is 0. The minimum Gasteiger partial charge on any atom is -0.462 e. The molecule has 0 saturated carbocycles. The summed E-state index contributed by atoms with van der Waals surface area (Å²) >= 11 is 0. The number of unbranched alkanes of at least 4 members (excludes halogenated alkanes) is 59. The minimum absolute atomic E-state index is 0.109. The van der Waals surface area contributed by atoms with Gasteiger partial charge in [-0.1, -0.05) is 420 Å². The van der Waals surface area contributed by atoms with Gasteiger partial charge in [0.25, 0.3) is 0 Å². The lowest BCUT2D eigenvalue weighted by atomic mass is 10.0. The van der Waals surface area contributed by atoms with Crippen LogP contribution in [0.2, 0.25) is 0 Å². The van der Waals surface area contributed by atoms with E-state index < -0.39 is 97.5 Å². The van der Waals surface area contributed by atoms with Crippen molar-refractivity contribution in [3.05, 3.63) is 0 Å². The van der Waals surface area contributed by atoms with E-state index in [1.165, 1.54) is 295 Å². The zero-order chi connectivity index (χ0) is 77.6. The summed E-state index contributed by atoms with van der Waals surface area (Å²) in [7, 11) is -9.92. The number of phosphoric ester groups is 2. The van der Waals surface area contributed by atoms with Gasteiger partial charge in [-0.15, -0.1) is 0 Å². The van der Waals surface area contributed by atoms with E-state index in [9.17, 15) is 43.2 Å². The van der Waals surface area contributed by atoms with E-state index in [0.717, 1.165) is 95.8 Å². The molecule has 0 saturated heterocycles. The van der Waals surface area contributed by atoms with Gasteiger partial charge in [-0.25, -0.2) is 9.13 Å². The third kappa shape index (κ3) is 80.1. The Balaban J connectivity index is 5.20. The smallest absolute Gasteiger partial charge is 0.462 e. The monoisotopic (exact) mass is 1550 g/mol. The highest BCUT2D eigenvalue weighted by Gasteiger charge is 2.30. The molecule has 630 valence electrons. The normalized spacial score (nSPS) is 13.7. The summed E-state index contributed by atoms with van der Waals surface area (Å²) in [6.07, 6.45) is 73.7. The summed E-state index contributed by atoms with van der Waals surface area (Å²) in [6.45, 7) is 7.39. The number of rotatable bonds is 87. The maximum absolute atomic E-state index is 13.2. The Labute approximate surface area is 651 Å². The number of hydrogen-bond donors (Lipinski definition) is 3. The first kappa shape index (κ1) is 104. The van der Waals surface area contributed by atoms with Crippen LogP contribution >= 0.6 is 15.6 Å². The van der Waals surface area contributed by atoms with E-state index >= 15 is 0 Å². The van der Waals surface area contributed by atoms with E-state index in [1.807, 2.05) is 0 Å². The molecule has 5 atom stereocenters. The molecule has 0 aromatic carbocycles. The van der Waals surface area contributed by atoms with E-state index in [-0.39, 0.29) is 25.7 Å². The standard InChI is InChI=1S/C87H170O17P2/c1-6-9-12-15-18-21-23-25-27-29-30-31-35-39-42-46-51-56-61-66-71-85(90)98-77-83(104-87(92)73-68-63-58-53-48-44-40-36-33-32-34-37-41-45-50-54-59-64-69-80(4)5)79-102-106(95,96)100-75-81(88)74-99-105(93,94)101-78-82(76-97-84(89)70-65-60-55-49-20-17-14-11-8-3)103-86(91)72-67-62-57-52-47-43-38-28-26-24-22-19-16-13-10-7-2/h80-83,88H,6-79H2,1-5H3,(H,93,94)(H,95,96)/t81-,82+,83+/m0/s1. The fourth-order valence-corrected chi connectivity index (χ4v) is 15.2. The molecule has 106 heavy (non-hydrogen) atoms. The van der Waals surface area contributed by atoms with Crippen LogP contribution in [-0.2, 0) is 65.4 Å². The molecule has 17 nitrogen and oxygen atoms in total. The maximum Gasteiger partial charge on any atom is 0.472 e. The number of hydrogen-bond acceptors (Lipinski definition) is 15. The number of aliphatic hydroxyl groups excluding tert-OH is 1. The average molecular weight is 1550 g/mol. The molecule has 0 aromatic heterocycles. The van der Waals surface area contributed by atoms with Crippen LogP contribution in [0.3, 0.4) is 0 Å². The molecule has 0 aliphatic carbocycles. The van der Waals surface area contributed by atoms with Gasteiger partial charge in [-0.05, 0) is 31.6 Å². The van der Waals surface area contributed by atoms with Crippen molar-refractivity contribution in [3.63, 3.8) is 0 Å². The molecule has 0 amide bonds. The third-order valence-corrected chi connectivity index (χ3v) is 22.4. The van der Waals surface area contributed by atoms with Crippen LogP contribution < -0.4 is 0 Å². The van der Waals surface area contributed by atoms with Gasteiger partial charge in [0, 0.05) is 25.7 Å². The van der Waals surface area contributed by atoms with Gasteiger partial charge in [0.15, 0.2) is 12.2 Å². The molecule has 0 fully saturated rings. The lowest BCUT2D eigenvalue weighted by Gasteiger charge is -2.21. The average Bonchev–Trinajstić information content (AvgIpc) is 0.906. The van der Waals surface area contributed by atoms with Gasteiger partial charge in [-0.2, -0.15) is 0 Å². The first-order valence-electron chi connectivity index (χ1n) is 45.1. The predicted molar refractivity (Wildman–Crippen MR) is 437 cm³/mol. The van der Waals surface area contributed by atoms with Gasteiger partial charge in [0.1, 0.15) is 19.3 Å². The molecule has 0 heterocycles. The van der Waals surface area contributed by atoms with Gasteiger partial charge < -0.3 is 33.8 Å². The number of aliphatic hydroxyl groups is 1. The third-order valence-electron chi connectivity index (χ3n) is 20.5. The molecule has 0 bridgehead atoms. The number of ether oxygens (including phenoxy) is 4. The highest BCUT2D eigenvalue weighted by molar-refractivity contribution is 7.47. The Morgan fingerprint density at radius 1 is 0.255 bits per heavy atom. The molecule has 2 unspecified atom stereocenters. The van der Waals surface area contributed by atoms with Crippen molar-refractivity contribution in [1.82, 2.24) is 0 Å². The molecule has 0 radical (unpaired) electrons. The zero-order valence-electron chi connectivity index (χ0n) is 69.6. The largest absolute Gasteiger partial charge is 0.472 e. The Kier molecular flexibility index (Phi) is 78.2. The summed E-state index contributed by atoms with van der Waals surface area (Å²) < 4.78 is 68.9. The second-order valence-corrected chi connectivity index (χ2v) is 34.7. The molecule has 3 N–H and O–H groups in total. The lowest BCUT2D eigenvalue weighted by Crippen LogP contribution is -2.30. The van der Waals surface area contributed by atoms with Crippen LogP contribution in [0.25, 0.3) is 0 Å². The molecule has 0 rings (SSSR count). The first-order chi connectivity index (χ1) is 51.5. The summed E-state index contributed by atoms with van der Waals surface area (Å²) in [6, 6.07) is 0. The quantitative estimate of drug-likeness (QED) is 0.0222. The van der Waals surface area contributed by atoms with Crippen molar-refractivity contribution in [1.29, 1.82) is 0 Å². The topological polar surface area (TPSA) is 237 Å². The Morgan fingerprint density at radius 3 is 0.642 bits per heavy atom. The minimum atomic E-state index is -4.97. The second kappa shape index (κ2) is 79.7. The van der Waals surface area contributed by atoms with Crippen molar-refractivity contribution in [2.75, 3.05) is 39.6 Å². The molecule has 19 heteroatoms. The zero-order valence-corrected chi connectivity index (χ0v) is 71.4. The van der Waals surface area contributed by atoms with Crippen molar-refractivity contribution in [2.45, 2.75) is 490 Å². The van der Waals surface area contributed by atoms with Crippen LogP contribution in [0.4, 0.5) is 0 Å². The highest BCUT2D eigenvalue weighted by atomic mass is 31.2. The Hall–Kier alpha value is -1.94. The van der Waals surface area contributed by atoms with Gasteiger partial charge in [0.2, 0.25) is 0 Å². The second-order valence-electron chi connectivity index (χ2n) is 31.8. The number of carbonyl (C=O) groups excluding carboxylic acids is 4. The SMILES string of the molecule is CCCCCCCCCCCCCCCCCCCCCCC(=O)OC[C@H](COP(=O)(O)OC[C@@H](O)COP(=O)(O)OC[C@@H](COC(=O)CCCCCCCCCCC)OC(=O)CCCCCCCCCCCCCCCCCC)OC(=O)CCCCCCCCCCCCCCCCCCCCC(C)C. The lowest BCUT2D eigenvalue weighted by molar-refractivity contribution is -0.161. The first-order valence-corrected chi connectivity index (χ1v) is 48.1. The van der Waals surface area contributed by atoms with Crippen molar-refractivity contribution >= 4 is 39.5 Å². The number of esters is 4. The van der Waals surface area contributed by atoms with Crippen LogP contribution in [0.15, 0.2) is 0 Å². The highest BCUT2D eigenvalue weighted by Crippen LogP contribution is 2.45. The van der Waals surface area contributed by atoms with E-state index in [0.29, 0.717) is 25.7 Å². The van der Waals surface area contributed by atoms with E-state index in [4.69, 9.17) is 37.0 Å². The summed E-state index contributed by atoms with van der Waals surface area (Å²) in [5.74, 6) is -1.28. The molecule has 0 spiro atoms. The number of carbonyl (C=O) groups is 4. The van der Waals surface area contributed by atoms with Crippen molar-refractivity contribution in [2.24, 2.45) is 5.92 Å². The Bertz CT molecular complexity index is 2010. The van der Waals surface area contributed by atoms with Gasteiger partial charge in [0.05, 0.1) is 26.4 Å². The maximum atomic E-state index is 13.2. The van der Waals surface area contributed by atoms with E-state index in [1.54, 1.807) is 0 Å². The van der Waals surface area contributed by atoms with Crippen LogP contribution in [-0.4, -0.2) is 96.7 Å². The van der Waals surface area contributed by atoms with Crippen LogP contribution in [0, 0.1) is 5.92 Å². The molecule has 0 aliphatic rings. The number of phosphoric acid groups is 2. The van der Waals surface area contributed by atoms with Gasteiger partial charge >= 0.3 is 39.5 Å². The predicted octanol–water partition coefficient (Wildman–Crippen LogP) is 26.8. The fourth-order valence-electron chi connectivity index (χ4n) is 13.6. The van der Waals surface area contributed by atoms with Crippen LogP contribution in [0.5, 0.6) is 0 Å².